The van der Waals surface area contributed by atoms with Gasteiger partial charge in [-0.1, -0.05) is 44.2 Å². The lowest BCUT2D eigenvalue weighted by Crippen LogP contribution is -2.41. The van der Waals surface area contributed by atoms with Crippen LogP contribution < -0.4 is 0 Å². The van der Waals surface area contributed by atoms with Crippen molar-refractivity contribution in [2.75, 3.05) is 0 Å². The molecule has 1 aromatic rings. The zero-order chi connectivity index (χ0) is 13.2. The normalized spacial score (nSPS) is 23.0. The Morgan fingerprint density at radius 3 is 2.17 bits per heavy atom. The Bertz CT molecular complexity index is 434. The molecule has 1 aliphatic carbocycles. The quantitative estimate of drug-likeness (QED) is 0.862. The number of hydrogen-bond acceptors (Lipinski definition) is 2. The Balaban J connectivity index is 2.22. The smallest absolute Gasteiger partial charge is 0.0999 e. The van der Waals surface area contributed by atoms with Crippen molar-refractivity contribution in [1.82, 2.24) is 0 Å². The molecular weight excluding hydrogens is 222 g/mol. The molecule has 0 bridgehead atoms. The fourth-order valence-corrected chi connectivity index (χ4v) is 2.80. The number of nitrogens with zero attached hydrogens (tertiary/aromatic N) is 1. The summed E-state index contributed by atoms with van der Waals surface area (Å²) in [5.41, 5.74) is 0.372. The minimum absolute atomic E-state index is 0.295. The van der Waals surface area contributed by atoms with Crippen molar-refractivity contribution in [2.24, 2.45) is 5.41 Å². The monoisotopic (exact) mass is 243 g/mol. The minimum Gasteiger partial charge on any atom is -0.388 e. The molecule has 2 heteroatoms. The summed E-state index contributed by atoms with van der Waals surface area (Å²) in [5.74, 6) is -0.408. The number of hydrogen-bond donors (Lipinski definition) is 1. The van der Waals surface area contributed by atoms with E-state index in [0.717, 1.165) is 18.4 Å². The van der Waals surface area contributed by atoms with Gasteiger partial charge in [-0.15, -0.1) is 0 Å². The molecule has 1 saturated carbocycles. The van der Waals surface area contributed by atoms with E-state index in [9.17, 15) is 10.4 Å². The van der Waals surface area contributed by atoms with E-state index in [1.54, 1.807) is 0 Å². The third kappa shape index (κ3) is 2.57. The van der Waals surface area contributed by atoms with Gasteiger partial charge in [0.15, 0.2) is 0 Å². The average Bonchev–Trinajstić information content (AvgIpc) is 2.36. The van der Waals surface area contributed by atoms with Crippen LogP contribution in [0.4, 0.5) is 0 Å². The van der Waals surface area contributed by atoms with Gasteiger partial charge in [0.1, 0.15) is 0 Å². The predicted molar refractivity (Wildman–Crippen MR) is 72.0 cm³/mol. The summed E-state index contributed by atoms with van der Waals surface area (Å²) < 4.78 is 0. The van der Waals surface area contributed by atoms with Crippen molar-refractivity contribution in [3.8, 4) is 6.07 Å². The first-order valence-corrected chi connectivity index (χ1v) is 6.64. The van der Waals surface area contributed by atoms with E-state index >= 15 is 0 Å². The maximum absolute atomic E-state index is 10.8. The molecule has 96 valence electrons. The lowest BCUT2D eigenvalue weighted by molar-refractivity contribution is -0.0350. The minimum atomic E-state index is -0.856. The van der Waals surface area contributed by atoms with Crippen LogP contribution in [0.3, 0.4) is 0 Å². The van der Waals surface area contributed by atoms with Gasteiger partial charge in [-0.05, 0) is 36.7 Å². The van der Waals surface area contributed by atoms with E-state index in [1.165, 1.54) is 0 Å². The molecule has 18 heavy (non-hydrogen) atoms. The average molecular weight is 243 g/mol. The molecule has 1 N–H and O–H groups in total. The van der Waals surface area contributed by atoms with Gasteiger partial charge in [-0.3, -0.25) is 0 Å². The molecule has 1 atom stereocenters. The first kappa shape index (κ1) is 13.1. The Kier molecular flexibility index (Phi) is 3.45. The molecule has 0 radical (unpaired) electrons. The number of nitriles is 1. The van der Waals surface area contributed by atoms with Crippen molar-refractivity contribution in [1.29, 1.82) is 5.26 Å². The third-order valence-electron chi connectivity index (χ3n) is 4.27. The molecule has 0 heterocycles. The summed E-state index contributed by atoms with van der Waals surface area (Å²) in [6, 6.07) is 12.0. The Hall–Kier alpha value is -1.33. The molecule has 2 rings (SSSR count). The molecule has 1 aliphatic rings. The standard InChI is InChI=1S/C16H21NO/c1-15(2)8-10-16(18,11-9-15)14(12-17)13-6-4-3-5-7-13/h3-7,14,18H,8-11H2,1-2H3. The van der Waals surface area contributed by atoms with Gasteiger partial charge in [0.25, 0.3) is 0 Å². The summed E-state index contributed by atoms with van der Waals surface area (Å²) in [6.45, 7) is 4.47. The SMILES string of the molecule is CC1(C)CCC(O)(C(C#N)c2ccccc2)CC1. The van der Waals surface area contributed by atoms with Crippen LogP contribution in [0.1, 0.15) is 51.0 Å². The molecule has 1 fully saturated rings. The van der Waals surface area contributed by atoms with Gasteiger partial charge >= 0.3 is 0 Å². The second-order valence-electron chi connectivity index (χ2n) is 6.24. The van der Waals surface area contributed by atoms with Gasteiger partial charge in [0.2, 0.25) is 0 Å². The van der Waals surface area contributed by atoms with Crippen LogP contribution in [0.15, 0.2) is 30.3 Å². The number of aliphatic hydroxyl groups is 1. The molecular formula is C16H21NO. The third-order valence-corrected chi connectivity index (χ3v) is 4.27. The maximum atomic E-state index is 10.8. The highest BCUT2D eigenvalue weighted by Gasteiger charge is 2.43. The van der Waals surface area contributed by atoms with Crippen molar-refractivity contribution in [3.05, 3.63) is 35.9 Å². The van der Waals surface area contributed by atoms with Crippen LogP contribution in [-0.2, 0) is 0 Å². The van der Waals surface area contributed by atoms with Crippen LogP contribution in [0.25, 0.3) is 0 Å². The predicted octanol–water partition coefficient (Wildman–Crippen LogP) is 3.63. The molecule has 0 spiro atoms. The van der Waals surface area contributed by atoms with E-state index in [2.05, 4.69) is 19.9 Å². The van der Waals surface area contributed by atoms with Crippen LogP contribution >= 0.6 is 0 Å². The van der Waals surface area contributed by atoms with Gasteiger partial charge in [-0.25, -0.2) is 0 Å². The lowest BCUT2D eigenvalue weighted by Gasteiger charge is -2.42. The molecule has 0 saturated heterocycles. The first-order chi connectivity index (χ1) is 8.47. The summed E-state index contributed by atoms with van der Waals surface area (Å²) in [7, 11) is 0. The van der Waals surface area contributed by atoms with Crippen LogP contribution in [0.2, 0.25) is 0 Å². The Morgan fingerprint density at radius 1 is 1.11 bits per heavy atom. The van der Waals surface area contributed by atoms with Crippen molar-refractivity contribution < 1.29 is 5.11 Å². The first-order valence-electron chi connectivity index (χ1n) is 6.64. The molecule has 0 aromatic heterocycles. The highest BCUT2D eigenvalue weighted by Crippen LogP contribution is 2.46. The molecule has 0 amide bonds. The van der Waals surface area contributed by atoms with E-state index in [-0.39, 0.29) is 0 Å². The van der Waals surface area contributed by atoms with Crippen molar-refractivity contribution in [3.63, 3.8) is 0 Å². The molecule has 0 aliphatic heterocycles. The molecule has 1 unspecified atom stereocenters. The van der Waals surface area contributed by atoms with Gasteiger partial charge < -0.3 is 5.11 Å². The van der Waals surface area contributed by atoms with Gasteiger partial charge in [0, 0.05) is 0 Å². The Labute approximate surface area is 109 Å². The topological polar surface area (TPSA) is 44.0 Å². The summed E-state index contributed by atoms with van der Waals surface area (Å²) in [4.78, 5) is 0. The number of benzene rings is 1. The Morgan fingerprint density at radius 2 is 1.67 bits per heavy atom. The van der Waals surface area contributed by atoms with Crippen molar-refractivity contribution in [2.45, 2.75) is 51.0 Å². The fourth-order valence-electron chi connectivity index (χ4n) is 2.80. The highest BCUT2D eigenvalue weighted by atomic mass is 16.3. The maximum Gasteiger partial charge on any atom is 0.0999 e. The summed E-state index contributed by atoms with van der Waals surface area (Å²) in [6.07, 6.45) is 3.39. The lowest BCUT2D eigenvalue weighted by atomic mass is 9.66. The van der Waals surface area contributed by atoms with E-state index in [4.69, 9.17) is 0 Å². The fraction of sp³-hybridized carbons (Fsp3) is 0.562. The van der Waals surface area contributed by atoms with Gasteiger partial charge in [0.05, 0.1) is 17.6 Å². The summed E-state index contributed by atoms with van der Waals surface area (Å²) >= 11 is 0. The van der Waals surface area contributed by atoms with Crippen molar-refractivity contribution >= 4 is 0 Å². The van der Waals surface area contributed by atoms with Gasteiger partial charge in [-0.2, -0.15) is 5.26 Å². The number of rotatable bonds is 2. The molecule has 2 nitrogen and oxygen atoms in total. The van der Waals surface area contributed by atoms with Crippen LogP contribution in [0, 0.1) is 16.7 Å². The zero-order valence-corrected chi connectivity index (χ0v) is 11.2. The van der Waals surface area contributed by atoms with Crippen LogP contribution in [-0.4, -0.2) is 10.7 Å². The van der Waals surface area contributed by atoms with E-state index < -0.39 is 11.5 Å². The zero-order valence-electron chi connectivity index (χ0n) is 11.2. The van der Waals surface area contributed by atoms with E-state index in [1.807, 2.05) is 30.3 Å². The highest BCUT2D eigenvalue weighted by molar-refractivity contribution is 5.29. The largest absolute Gasteiger partial charge is 0.388 e. The van der Waals surface area contributed by atoms with Crippen LogP contribution in [0.5, 0.6) is 0 Å². The summed E-state index contributed by atoms with van der Waals surface area (Å²) in [5, 5.41) is 20.2. The van der Waals surface area contributed by atoms with E-state index in [0.29, 0.717) is 18.3 Å². The second kappa shape index (κ2) is 4.74. The second-order valence-corrected chi connectivity index (χ2v) is 6.24. The molecule has 1 aromatic carbocycles.